The molecular formula is C19H19N5O3. The third kappa shape index (κ3) is 3.64. The third-order valence-electron chi connectivity index (χ3n) is 4.06. The van der Waals surface area contributed by atoms with Crippen LogP contribution in [0.15, 0.2) is 48.8 Å². The second kappa shape index (κ2) is 7.69. The van der Waals surface area contributed by atoms with Gasteiger partial charge in [-0.3, -0.25) is 9.59 Å². The number of pyridine rings is 1. The van der Waals surface area contributed by atoms with Gasteiger partial charge in [-0.05, 0) is 37.3 Å². The van der Waals surface area contributed by atoms with Crippen LogP contribution in [0.5, 0.6) is 5.75 Å². The quantitative estimate of drug-likeness (QED) is 0.722. The number of carbonyl (C=O) groups is 2. The van der Waals surface area contributed by atoms with E-state index in [2.05, 4.69) is 20.7 Å². The number of anilines is 1. The Morgan fingerprint density at radius 1 is 1.15 bits per heavy atom. The van der Waals surface area contributed by atoms with Crippen molar-refractivity contribution >= 4 is 17.5 Å². The van der Waals surface area contributed by atoms with Crippen molar-refractivity contribution in [2.45, 2.75) is 6.92 Å². The Kier molecular flexibility index (Phi) is 5.16. The first-order valence-corrected chi connectivity index (χ1v) is 8.22. The highest BCUT2D eigenvalue weighted by molar-refractivity contribution is 6.06. The van der Waals surface area contributed by atoms with Gasteiger partial charge in [-0.15, -0.1) is 0 Å². The second-order valence-corrected chi connectivity index (χ2v) is 5.69. The zero-order valence-electron chi connectivity index (χ0n) is 15.2. The summed E-state index contributed by atoms with van der Waals surface area (Å²) in [6, 6.07) is 10.3. The SMILES string of the molecule is CNC(=O)c1ccc(OC)c(NC(=O)c2cnn(-c3ccccn3)c2C)c1. The standard InChI is InChI=1S/C19H19N5O3/c1-12-14(11-22-24(12)17-6-4-5-9-21-17)19(26)23-15-10-13(18(25)20-2)7-8-16(15)27-3/h4-11H,1-3H3,(H,20,25)(H,23,26). The summed E-state index contributed by atoms with van der Waals surface area (Å²) in [7, 11) is 3.04. The lowest BCUT2D eigenvalue weighted by Crippen LogP contribution is -2.19. The highest BCUT2D eigenvalue weighted by atomic mass is 16.5. The number of nitrogens with zero attached hydrogens (tertiary/aromatic N) is 3. The second-order valence-electron chi connectivity index (χ2n) is 5.69. The lowest BCUT2D eigenvalue weighted by atomic mass is 10.1. The summed E-state index contributed by atoms with van der Waals surface area (Å²) in [6.45, 7) is 1.79. The monoisotopic (exact) mass is 365 g/mol. The van der Waals surface area contributed by atoms with E-state index in [0.29, 0.717) is 34.1 Å². The minimum Gasteiger partial charge on any atom is -0.495 e. The van der Waals surface area contributed by atoms with Crippen LogP contribution in [0.3, 0.4) is 0 Å². The molecule has 2 N–H and O–H groups in total. The molecule has 8 heteroatoms. The summed E-state index contributed by atoms with van der Waals surface area (Å²) in [5, 5.41) is 9.58. The molecule has 0 unspecified atom stereocenters. The smallest absolute Gasteiger partial charge is 0.259 e. The Balaban J connectivity index is 1.90. The summed E-state index contributed by atoms with van der Waals surface area (Å²) in [6.07, 6.45) is 3.14. The number of rotatable bonds is 5. The van der Waals surface area contributed by atoms with E-state index in [9.17, 15) is 9.59 Å². The average molecular weight is 365 g/mol. The van der Waals surface area contributed by atoms with Gasteiger partial charge in [0.25, 0.3) is 11.8 Å². The van der Waals surface area contributed by atoms with Crippen molar-refractivity contribution in [3.63, 3.8) is 0 Å². The molecule has 0 bridgehead atoms. The van der Waals surface area contributed by atoms with Crippen LogP contribution in [0, 0.1) is 6.92 Å². The highest BCUT2D eigenvalue weighted by Crippen LogP contribution is 2.26. The van der Waals surface area contributed by atoms with Gasteiger partial charge in [0, 0.05) is 18.8 Å². The van der Waals surface area contributed by atoms with Crippen molar-refractivity contribution in [3.05, 3.63) is 65.6 Å². The number of carbonyl (C=O) groups excluding carboxylic acids is 2. The molecule has 0 aliphatic carbocycles. The van der Waals surface area contributed by atoms with Gasteiger partial charge < -0.3 is 15.4 Å². The van der Waals surface area contributed by atoms with Crippen LogP contribution >= 0.6 is 0 Å². The van der Waals surface area contributed by atoms with E-state index in [4.69, 9.17) is 4.74 Å². The zero-order chi connectivity index (χ0) is 19.4. The lowest BCUT2D eigenvalue weighted by Gasteiger charge is -2.12. The van der Waals surface area contributed by atoms with Gasteiger partial charge >= 0.3 is 0 Å². The fourth-order valence-corrected chi connectivity index (χ4v) is 2.62. The molecule has 8 nitrogen and oxygen atoms in total. The van der Waals surface area contributed by atoms with E-state index in [0.717, 1.165) is 0 Å². The number of aromatic nitrogens is 3. The fourth-order valence-electron chi connectivity index (χ4n) is 2.62. The van der Waals surface area contributed by atoms with E-state index in [1.807, 2.05) is 12.1 Å². The van der Waals surface area contributed by atoms with E-state index in [-0.39, 0.29) is 11.8 Å². The normalized spacial score (nSPS) is 10.3. The summed E-state index contributed by atoms with van der Waals surface area (Å²) in [5.74, 6) is 0.452. The number of amides is 2. The molecule has 138 valence electrons. The molecule has 0 aliphatic rings. The molecule has 2 aromatic heterocycles. The first-order valence-electron chi connectivity index (χ1n) is 8.22. The highest BCUT2D eigenvalue weighted by Gasteiger charge is 2.18. The maximum atomic E-state index is 12.8. The van der Waals surface area contributed by atoms with Crippen molar-refractivity contribution in [3.8, 4) is 11.6 Å². The van der Waals surface area contributed by atoms with Crippen molar-refractivity contribution in [1.29, 1.82) is 0 Å². The van der Waals surface area contributed by atoms with E-state index < -0.39 is 0 Å². The number of hydrogen-bond acceptors (Lipinski definition) is 5. The van der Waals surface area contributed by atoms with Gasteiger partial charge in [0.05, 0.1) is 30.3 Å². The van der Waals surface area contributed by atoms with Gasteiger partial charge in [-0.2, -0.15) is 5.10 Å². The van der Waals surface area contributed by atoms with Gasteiger partial charge in [0.1, 0.15) is 5.75 Å². The molecule has 0 atom stereocenters. The Morgan fingerprint density at radius 3 is 2.63 bits per heavy atom. The van der Waals surface area contributed by atoms with Gasteiger partial charge in [-0.1, -0.05) is 6.07 Å². The van der Waals surface area contributed by atoms with E-state index in [1.54, 1.807) is 49.1 Å². The van der Waals surface area contributed by atoms with Crippen LogP contribution in [0.25, 0.3) is 5.82 Å². The topological polar surface area (TPSA) is 98.1 Å². The largest absolute Gasteiger partial charge is 0.495 e. The predicted molar refractivity (Wildman–Crippen MR) is 100 cm³/mol. The number of ether oxygens (including phenoxy) is 1. The molecule has 0 saturated heterocycles. The van der Waals surface area contributed by atoms with Crippen molar-refractivity contribution < 1.29 is 14.3 Å². The molecule has 2 heterocycles. The zero-order valence-corrected chi connectivity index (χ0v) is 15.2. The van der Waals surface area contributed by atoms with Crippen LogP contribution in [0.4, 0.5) is 5.69 Å². The summed E-state index contributed by atoms with van der Waals surface area (Å²) >= 11 is 0. The van der Waals surface area contributed by atoms with Gasteiger partial charge in [0.2, 0.25) is 0 Å². The molecule has 1 aromatic carbocycles. The van der Waals surface area contributed by atoms with Gasteiger partial charge in [0.15, 0.2) is 5.82 Å². The van der Waals surface area contributed by atoms with Crippen LogP contribution < -0.4 is 15.4 Å². The summed E-state index contributed by atoms with van der Waals surface area (Å²) in [5.41, 5.74) is 1.85. The maximum Gasteiger partial charge on any atom is 0.259 e. The van der Waals surface area contributed by atoms with E-state index in [1.165, 1.54) is 13.3 Å². The molecule has 0 saturated carbocycles. The van der Waals surface area contributed by atoms with Crippen molar-refractivity contribution in [1.82, 2.24) is 20.1 Å². The van der Waals surface area contributed by atoms with Crippen LogP contribution in [-0.4, -0.2) is 40.7 Å². The Bertz CT molecular complexity index is 982. The minimum atomic E-state index is -0.359. The molecule has 0 radical (unpaired) electrons. The number of methoxy groups -OCH3 is 1. The average Bonchev–Trinajstić information content (AvgIpc) is 3.09. The molecule has 2 amide bonds. The van der Waals surface area contributed by atoms with Crippen LogP contribution in [-0.2, 0) is 0 Å². The molecule has 27 heavy (non-hydrogen) atoms. The molecule has 0 fully saturated rings. The lowest BCUT2D eigenvalue weighted by molar-refractivity contribution is 0.0961. The summed E-state index contributed by atoms with van der Waals surface area (Å²) < 4.78 is 6.87. The van der Waals surface area contributed by atoms with E-state index >= 15 is 0 Å². The number of hydrogen-bond donors (Lipinski definition) is 2. The Hall–Kier alpha value is -3.68. The Morgan fingerprint density at radius 2 is 1.96 bits per heavy atom. The first-order chi connectivity index (χ1) is 13.0. The molecule has 0 aliphatic heterocycles. The Labute approximate surface area is 156 Å². The van der Waals surface area contributed by atoms with Crippen molar-refractivity contribution in [2.75, 3.05) is 19.5 Å². The van der Waals surface area contributed by atoms with Crippen LogP contribution in [0.2, 0.25) is 0 Å². The third-order valence-corrected chi connectivity index (χ3v) is 4.06. The van der Waals surface area contributed by atoms with Crippen molar-refractivity contribution in [2.24, 2.45) is 0 Å². The van der Waals surface area contributed by atoms with Gasteiger partial charge in [-0.25, -0.2) is 9.67 Å². The fraction of sp³-hybridized carbons (Fsp3) is 0.158. The molecule has 0 spiro atoms. The number of benzene rings is 1. The predicted octanol–water partition coefficient (Wildman–Crippen LogP) is 2.20. The maximum absolute atomic E-state index is 12.8. The molecule has 3 rings (SSSR count). The molecular weight excluding hydrogens is 346 g/mol. The number of nitrogens with one attached hydrogen (secondary N) is 2. The molecule has 3 aromatic rings. The summed E-state index contributed by atoms with van der Waals surface area (Å²) in [4.78, 5) is 28.8. The first kappa shape index (κ1) is 18.1. The van der Waals surface area contributed by atoms with Crippen LogP contribution in [0.1, 0.15) is 26.4 Å². The minimum absolute atomic E-state index is 0.257.